The molecule has 1 aromatic heterocycles. The van der Waals surface area contributed by atoms with Gasteiger partial charge in [-0.25, -0.2) is 4.68 Å². The predicted molar refractivity (Wildman–Crippen MR) is 108 cm³/mol. The number of amides is 2. The van der Waals surface area contributed by atoms with Gasteiger partial charge in [0.25, 0.3) is 5.56 Å². The molecular weight excluding hydrogens is 396 g/mol. The summed E-state index contributed by atoms with van der Waals surface area (Å²) in [7, 11) is 3.02. The summed E-state index contributed by atoms with van der Waals surface area (Å²) in [6.07, 6.45) is 3.31. The Morgan fingerprint density at radius 2 is 2.07 bits per heavy atom. The Labute approximate surface area is 171 Å². The highest BCUT2D eigenvalue weighted by atomic mass is 32.2. The van der Waals surface area contributed by atoms with Gasteiger partial charge in [0.05, 0.1) is 36.8 Å². The van der Waals surface area contributed by atoms with Gasteiger partial charge in [-0.1, -0.05) is 0 Å². The summed E-state index contributed by atoms with van der Waals surface area (Å²) >= 11 is 1.30. The first-order chi connectivity index (χ1) is 14.0. The van der Waals surface area contributed by atoms with Crippen LogP contribution in [0.2, 0.25) is 0 Å². The molecule has 2 aromatic rings. The molecule has 1 N–H and O–H groups in total. The number of thioether (sulfide) groups is 1. The minimum Gasteiger partial charge on any atom is -0.497 e. The van der Waals surface area contributed by atoms with Crippen molar-refractivity contribution in [1.82, 2.24) is 9.78 Å². The first-order valence-corrected chi connectivity index (χ1v) is 10.1. The second-order valence-electron chi connectivity index (χ2n) is 6.72. The number of hydrogen-bond donors (Lipinski definition) is 1. The molecule has 152 valence electrons. The minimum atomic E-state index is -0.445. The fourth-order valence-corrected chi connectivity index (χ4v) is 4.06. The SMILES string of the molecule is COc1ccc(OC)c(NC(=O)Cn2ncc3c(c2=O)N(C2CC2)C(=O)CS3)c1. The van der Waals surface area contributed by atoms with Crippen LogP contribution in [0, 0.1) is 0 Å². The minimum absolute atomic E-state index is 0.0700. The summed E-state index contributed by atoms with van der Waals surface area (Å²) in [5, 5.41) is 6.83. The zero-order valence-electron chi connectivity index (χ0n) is 16.0. The van der Waals surface area contributed by atoms with Crippen molar-refractivity contribution in [3.63, 3.8) is 0 Å². The first-order valence-electron chi connectivity index (χ1n) is 9.08. The monoisotopic (exact) mass is 416 g/mol. The Morgan fingerprint density at radius 1 is 1.28 bits per heavy atom. The first kappa shape index (κ1) is 19.3. The Bertz CT molecular complexity index is 1030. The molecule has 0 unspecified atom stereocenters. The molecule has 0 radical (unpaired) electrons. The standard InChI is InChI=1S/C19H20N4O5S/c1-27-12-5-6-14(28-2)13(7-12)21-16(24)9-22-19(26)18-15(8-20-22)29-10-17(25)23(18)11-3-4-11/h5-8,11H,3-4,9-10H2,1-2H3,(H,21,24). The quantitative estimate of drug-likeness (QED) is 0.761. The van der Waals surface area contributed by atoms with Crippen molar-refractivity contribution in [1.29, 1.82) is 0 Å². The summed E-state index contributed by atoms with van der Waals surface area (Å²) in [6, 6.07) is 5.09. The lowest BCUT2D eigenvalue weighted by atomic mass is 10.2. The van der Waals surface area contributed by atoms with E-state index in [4.69, 9.17) is 9.47 Å². The number of benzene rings is 1. The number of nitrogens with zero attached hydrogens (tertiary/aromatic N) is 3. The predicted octanol–water partition coefficient (Wildman–Crippen LogP) is 1.50. The van der Waals surface area contributed by atoms with E-state index in [0.717, 1.165) is 17.5 Å². The van der Waals surface area contributed by atoms with Crippen molar-refractivity contribution in [3.8, 4) is 11.5 Å². The molecule has 1 aromatic carbocycles. The molecule has 2 heterocycles. The van der Waals surface area contributed by atoms with E-state index >= 15 is 0 Å². The number of nitrogens with one attached hydrogen (secondary N) is 1. The molecule has 2 aliphatic rings. The van der Waals surface area contributed by atoms with Crippen molar-refractivity contribution in [3.05, 3.63) is 34.7 Å². The van der Waals surface area contributed by atoms with Crippen molar-refractivity contribution >= 4 is 35.0 Å². The molecule has 29 heavy (non-hydrogen) atoms. The number of carbonyl (C=O) groups is 2. The van der Waals surface area contributed by atoms with E-state index in [1.54, 1.807) is 29.3 Å². The number of rotatable bonds is 6. The van der Waals surface area contributed by atoms with Gasteiger partial charge in [0, 0.05) is 12.1 Å². The maximum absolute atomic E-state index is 13.0. The number of fused-ring (bicyclic) bond motifs is 1. The van der Waals surface area contributed by atoms with Gasteiger partial charge in [-0.15, -0.1) is 11.8 Å². The van der Waals surface area contributed by atoms with Gasteiger partial charge >= 0.3 is 0 Å². The topological polar surface area (TPSA) is 103 Å². The Balaban J connectivity index is 1.58. The van der Waals surface area contributed by atoms with Crippen LogP contribution in [0.3, 0.4) is 0 Å². The highest BCUT2D eigenvalue weighted by molar-refractivity contribution is 8.00. The van der Waals surface area contributed by atoms with Crippen LogP contribution in [0.25, 0.3) is 0 Å². The molecule has 0 spiro atoms. The second-order valence-corrected chi connectivity index (χ2v) is 7.74. The van der Waals surface area contributed by atoms with Crippen molar-refractivity contribution in [2.24, 2.45) is 0 Å². The molecule has 1 aliphatic carbocycles. The summed E-state index contributed by atoms with van der Waals surface area (Å²) in [5.41, 5.74) is 0.311. The van der Waals surface area contributed by atoms with E-state index < -0.39 is 11.5 Å². The molecule has 1 fully saturated rings. The van der Waals surface area contributed by atoms with Crippen LogP contribution in [0.5, 0.6) is 11.5 Å². The van der Waals surface area contributed by atoms with Gasteiger partial charge in [-0.3, -0.25) is 14.4 Å². The van der Waals surface area contributed by atoms with Crippen molar-refractivity contribution in [2.75, 3.05) is 30.2 Å². The number of aromatic nitrogens is 2. The fourth-order valence-electron chi connectivity index (χ4n) is 3.19. The van der Waals surface area contributed by atoms with Gasteiger partial charge < -0.3 is 19.7 Å². The van der Waals surface area contributed by atoms with Crippen molar-refractivity contribution in [2.45, 2.75) is 30.3 Å². The summed E-state index contributed by atoms with van der Waals surface area (Å²) in [5.74, 6) is 0.793. The van der Waals surface area contributed by atoms with Crippen LogP contribution >= 0.6 is 11.8 Å². The van der Waals surface area contributed by atoms with Gasteiger partial charge in [0.15, 0.2) is 0 Å². The molecule has 1 aliphatic heterocycles. The number of ether oxygens (including phenoxy) is 2. The number of anilines is 2. The second kappa shape index (κ2) is 7.78. The molecule has 4 rings (SSSR count). The maximum Gasteiger partial charge on any atom is 0.292 e. The van der Waals surface area contributed by atoms with Crippen LogP contribution < -0.4 is 25.2 Å². The lowest BCUT2D eigenvalue weighted by Crippen LogP contribution is -2.43. The maximum atomic E-state index is 13.0. The van der Waals surface area contributed by atoms with Crippen LogP contribution in [0.1, 0.15) is 12.8 Å². The fraction of sp³-hybridized carbons (Fsp3) is 0.368. The van der Waals surface area contributed by atoms with E-state index in [9.17, 15) is 14.4 Å². The van der Waals surface area contributed by atoms with Crippen LogP contribution in [0.4, 0.5) is 11.4 Å². The molecule has 10 heteroatoms. The normalized spacial score (nSPS) is 15.7. The molecule has 1 saturated carbocycles. The summed E-state index contributed by atoms with van der Waals surface area (Å²) in [4.78, 5) is 40.1. The Morgan fingerprint density at radius 3 is 2.76 bits per heavy atom. The van der Waals surface area contributed by atoms with Crippen LogP contribution in [-0.4, -0.2) is 47.6 Å². The highest BCUT2D eigenvalue weighted by Crippen LogP contribution is 2.39. The zero-order valence-corrected chi connectivity index (χ0v) is 16.8. The zero-order chi connectivity index (χ0) is 20.5. The summed E-state index contributed by atoms with van der Waals surface area (Å²) in [6.45, 7) is -0.288. The van der Waals surface area contributed by atoms with Gasteiger partial charge in [0.1, 0.15) is 23.7 Å². The highest BCUT2D eigenvalue weighted by Gasteiger charge is 2.39. The number of hydrogen-bond acceptors (Lipinski definition) is 7. The third-order valence-corrected chi connectivity index (χ3v) is 5.73. The van der Waals surface area contributed by atoms with E-state index in [-0.39, 0.29) is 18.5 Å². The molecule has 2 amide bonds. The van der Waals surface area contributed by atoms with E-state index in [0.29, 0.717) is 33.5 Å². The Hall–Kier alpha value is -3.01. The van der Waals surface area contributed by atoms with E-state index in [1.165, 1.54) is 26.0 Å². The third-order valence-electron chi connectivity index (χ3n) is 4.73. The van der Waals surface area contributed by atoms with E-state index in [1.807, 2.05) is 0 Å². The lowest BCUT2D eigenvalue weighted by Gasteiger charge is -2.28. The molecule has 0 atom stereocenters. The molecule has 0 bridgehead atoms. The average Bonchev–Trinajstić information content (AvgIpc) is 3.55. The Kier molecular flexibility index (Phi) is 5.18. The lowest BCUT2D eigenvalue weighted by molar-refractivity contribution is -0.117. The van der Waals surface area contributed by atoms with E-state index in [2.05, 4.69) is 10.4 Å². The van der Waals surface area contributed by atoms with Crippen LogP contribution in [0.15, 0.2) is 34.1 Å². The summed E-state index contributed by atoms with van der Waals surface area (Å²) < 4.78 is 11.5. The van der Waals surface area contributed by atoms with Gasteiger partial charge in [0.2, 0.25) is 11.8 Å². The number of methoxy groups -OCH3 is 2. The van der Waals surface area contributed by atoms with Crippen LogP contribution in [-0.2, 0) is 16.1 Å². The largest absolute Gasteiger partial charge is 0.497 e. The molecular formula is C19H20N4O5S. The molecule has 0 saturated heterocycles. The average molecular weight is 416 g/mol. The smallest absolute Gasteiger partial charge is 0.292 e. The molecule has 9 nitrogen and oxygen atoms in total. The third kappa shape index (κ3) is 3.80. The van der Waals surface area contributed by atoms with Gasteiger partial charge in [-0.2, -0.15) is 5.10 Å². The van der Waals surface area contributed by atoms with Crippen molar-refractivity contribution < 1.29 is 19.1 Å². The van der Waals surface area contributed by atoms with Gasteiger partial charge in [-0.05, 0) is 25.0 Å². The number of carbonyl (C=O) groups excluding carboxylic acids is 2.